The predicted octanol–water partition coefficient (Wildman–Crippen LogP) is 2.94. The lowest BCUT2D eigenvalue weighted by molar-refractivity contribution is -0.139. The third kappa shape index (κ3) is 2.36. The van der Waals surface area contributed by atoms with E-state index in [0.717, 1.165) is 22.9 Å². The van der Waals surface area contributed by atoms with Gasteiger partial charge in [0, 0.05) is 12.6 Å². The Labute approximate surface area is 110 Å². The maximum atomic E-state index is 13.5. The number of rotatable bonds is 2. The molecule has 0 unspecified atom stereocenters. The summed E-state index contributed by atoms with van der Waals surface area (Å²) in [5.74, 6) is -2.80. The van der Waals surface area contributed by atoms with Gasteiger partial charge in [0.1, 0.15) is 11.4 Å². The van der Waals surface area contributed by atoms with E-state index in [1.807, 2.05) is 0 Å². The van der Waals surface area contributed by atoms with E-state index in [-0.39, 0.29) is 5.69 Å². The fraction of sp³-hybridized carbons (Fsp3) is 0.167. The van der Waals surface area contributed by atoms with E-state index in [9.17, 15) is 22.4 Å². The number of aromatic carboxylic acids is 1. The third-order valence-electron chi connectivity index (χ3n) is 2.67. The van der Waals surface area contributed by atoms with Crippen LogP contribution >= 0.6 is 0 Å². The van der Waals surface area contributed by atoms with Crippen molar-refractivity contribution in [1.29, 1.82) is 0 Å². The lowest BCUT2D eigenvalue weighted by atomic mass is 10.0. The molecule has 0 aliphatic heterocycles. The minimum absolute atomic E-state index is 0.130. The summed E-state index contributed by atoms with van der Waals surface area (Å²) >= 11 is 0. The maximum Gasteiger partial charge on any atom is 0.419 e. The van der Waals surface area contributed by atoms with Gasteiger partial charge in [-0.25, -0.2) is 9.18 Å². The molecule has 0 amide bonds. The number of halogens is 4. The molecule has 2 aromatic rings. The van der Waals surface area contributed by atoms with Crippen LogP contribution in [0.25, 0.3) is 11.3 Å². The summed E-state index contributed by atoms with van der Waals surface area (Å²) < 4.78 is 53.1. The van der Waals surface area contributed by atoms with Gasteiger partial charge in [0.05, 0.1) is 5.69 Å². The summed E-state index contributed by atoms with van der Waals surface area (Å²) in [4.78, 5) is 10.8. The minimum Gasteiger partial charge on any atom is -0.476 e. The van der Waals surface area contributed by atoms with Crippen molar-refractivity contribution in [3.63, 3.8) is 0 Å². The Bertz CT molecular complexity index is 677. The highest BCUT2D eigenvalue weighted by Gasteiger charge is 2.37. The molecule has 0 spiro atoms. The third-order valence-corrected chi connectivity index (χ3v) is 2.67. The lowest BCUT2D eigenvalue weighted by Gasteiger charge is -2.13. The van der Waals surface area contributed by atoms with Crippen molar-refractivity contribution in [1.82, 2.24) is 9.78 Å². The fourth-order valence-electron chi connectivity index (χ4n) is 1.85. The van der Waals surface area contributed by atoms with Gasteiger partial charge in [-0.15, -0.1) is 0 Å². The highest BCUT2D eigenvalue weighted by Crippen LogP contribution is 2.38. The first kappa shape index (κ1) is 14.0. The first-order chi connectivity index (χ1) is 9.21. The highest BCUT2D eigenvalue weighted by atomic mass is 19.4. The largest absolute Gasteiger partial charge is 0.476 e. The number of carboxylic acid groups (broad SMARTS) is 1. The van der Waals surface area contributed by atoms with Crippen LogP contribution in [0.3, 0.4) is 0 Å². The molecule has 0 saturated heterocycles. The number of hydrogen-bond donors (Lipinski definition) is 1. The van der Waals surface area contributed by atoms with Crippen LogP contribution in [-0.4, -0.2) is 20.9 Å². The van der Waals surface area contributed by atoms with Crippen LogP contribution in [0.5, 0.6) is 0 Å². The monoisotopic (exact) mass is 288 g/mol. The first-order valence-electron chi connectivity index (χ1n) is 5.35. The number of aromatic nitrogens is 2. The normalized spacial score (nSPS) is 11.7. The summed E-state index contributed by atoms with van der Waals surface area (Å²) in [6.07, 6.45) is -4.89. The van der Waals surface area contributed by atoms with Gasteiger partial charge in [-0.3, -0.25) is 4.68 Å². The van der Waals surface area contributed by atoms with E-state index in [4.69, 9.17) is 5.11 Å². The number of alkyl halides is 3. The molecule has 1 aromatic carbocycles. The standard InChI is InChI=1S/C12H8F4N2O2/c1-18-9(5-8(17-18)11(19)20)6-3-2-4-7(13)10(6)12(14,15)16/h2-5H,1H3,(H,19,20). The number of carbonyl (C=O) groups is 1. The highest BCUT2D eigenvalue weighted by molar-refractivity contribution is 5.87. The van der Waals surface area contributed by atoms with Gasteiger partial charge in [0.25, 0.3) is 0 Å². The Kier molecular flexibility index (Phi) is 3.24. The molecule has 20 heavy (non-hydrogen) atoms. The second-order valence-corrected chi connectivity index (χ2v) is 4.00. The summed E-state index contributed by atoms with van der Waals surface area (Å²) in [6.45, 7) is 0. The molecule has 0 aliphatic carbocycles. The zero-order chi connectivity index (χ0) is 15.1. The smallest absolute Gasteiger partial charge is 0.419 e. The van der Waals surface area contributed by atoms with Crippen LogP contribution in [0.1, 0.15) is 16.1 Å². The number of hydrogen-bond acceptors (Lipinski definition) is 2. The van der Waals surface area contributed by atoms with Crippen LogP contribution in [0.2, 0.25) is 0 Å². The van der Waals surface area contributed by atoms with Gasteiger partial charge in [-0.05, 0) is 12.1 Å². The molecule has 1 aromatic heterocycles. The van der Waals surface area contributed by atoms with E-state index in [1.165, 1.54) is 7.05 Å². The fourth-order valence-corrected chi connectivity index (χ4v) is 1.85. The molecule has 2 rings (SSSR count). The predicted molar refractivity (Wildman–Crippen MR) is 60.6 cm³/mol. The van der Waals surface area contributed by atoms with Crippen LogP contribution in [0.4, 0.5) is 17.6 Å². The molecule has 0 aliphatic rings. The SMILES string of the molecule is Cn1nc(C(=O)O)cc1-c1cccc(F)c1C(F)(F)F. The lowest BCUT2D eigenvalue weighted by Crippen LogP contribution is -2.11. The van der Waals surface area contributed by atoms with Crippen molar-refractivity contribution in [3.8, 4) is 11.3 Å². The van der Waals surface area contributed by atoms with Crippen molar-refractivity contribution in [2.24, 2.45) is 7.05 Å². The summed E-state index contributed by atoms with van der Waals surface area (Å²) in [5, 5.41) is 12.3. The molecule has 106 valence electrons. The quantitative estimate of drug-likeness (QED) is 0.864. The molecule has 0 atom stereocenters. The molecule has 0 fully saturated rings. The van der Waals surface area contributed by atoms with Crippen LogP contribution < -0.4 is 0 Å². The van der Waals surface area contributed by atoms with E-state index < -0.39 is 34.8 Å². The van der Waals surface area contributed by atoms with Crippen LogP contribution in [0.15, 0.2) is 24.3 Å². The molecular formula is C12H8F4N2O2. The summed E-state index contributed by atoms with van der Waals surface area (Å²) in [6, 6.07) is 3.84. The maximum absolute atomic E-state index is 13.5. The van der Waals surface area contributed by atoms with Crippen molar-refractivity contribution in [2.45, 2.75) is 6.18 Å². The number of aryl methyl sites for hydroxylation is 1. The molecule has 0 radical (unpaired) electrons. The van der Waals surface area contributed by atoms with Gasteiger partial charge in [0.15, 0.2) is 5.69 Å². The van der Waals surface area contributed by atoms with E-state index in [1.54, 1.807) is 0 Å². The van der Waals surface area contributed by atoms with Crippen molar-refractivity contribution in [3.05, 3.63) is 41.3 Å². The Morgan fingerprint density at radius 3 is 2.50 bits per heavy atom. The van der Waals surface area contributed by atoms with Crippen molar-refractivity contribution < 1.29 is 27.5 Å². The van der Waals surface area contributed by atoms with Gasteiger partial charge in [-0.2, -0.15) is 18.3 Å². The topological polar surface area (TPSA) is 55.1 Å². The number of nitrogens with zero attached hydrogens (tertiary/aromatic N) is 2. The molecule has 0 saturated carbocycles. The second-order valence-electron chi connectivity index (χ2n) is 4.00. The Hall–Kier alpha value is -2.38. The minimum atomic E-state index is -4.89. The Morgan fingerprint density at radius 2 is 2.00 bits per heavy atom. The van der Waals surface area contributed by atoms with Gasteiger partial charge < -0.3 is 5.11 Å². The van der Waals surface area contributed by atoms with Crippen molar-refractivity contribution >= 4 is 5.97 Å². The van der Waals surface area contributed by atoms with E-state index in [0.29, 0.717) is 6.07 Å². The average Bonchev–Trinajstić information content (AvgIpc) is 2.69. The van der Waals surface area contributed by atoms with Gasteiger partial charge >= 0.3 is 12.1 Å². The zero-order valence-electron chi connectivity index (χ0n) is 10.1. The summed E-state index contributed by atoms with van der Waals surface area (Å²) in [5.41, 5.74) is -2.45. The average molecular weight is 288 g/mol. The summed E-state index contributed by atoms with van der Waals surface area (Å²) in [7, 11) is 1.28. The molecule has 0 bridgehead atoms. The molecule has 4 nitrogen and oxygen atoms in total. The van der Waals surface area contributed by atoms with Crippen molar-refractivity contribution in [2.75, 3.05) is 0 Å². The van der Waals surface area contributed by atoms with E-state index >= 15 is 0 Å². The van der Waals surface area contributed by atoms with Gasteiger partial charge in [0.2, 0.25) is 0 Å². The first-order valence-corrected chi connectivity index (χ1v) is 5.35. The number of benzene rings is 1. The Balaban J connectivity index is 2.71. The molecular weight excluding hydrogens is 280 g/mol. The van der Waals surface area contributed by atoms with Crippen LogP contribution in [-0.2, 0) is 13.2 Å². The molecule has 8 heteroatoms. The zero-order valence-corrected chi connectivity index (χ0v) is 10.1. The Morgan fingerprint density at radius 1 is 1.35 bits per heavy atom. The molecule has 1 N–H and O–H groups in total. The van der Waals surface area contributed by atoms with Crippen LogP contribution in [0, 0.1) is 5.82 Å². The number of carboxylic acids is 1. The van der Waals surface area contributed by atoms with Gasteiger partial charge in [-0.1, -0.05) is 12.1 Å². The van der Waals surface area contributed by atoms with E-state index in [2.05, 4.69) is 5.10 Å². The molecule has 1 heterocycles. The second kappa shape index (κ2) is 4.62.